The van der Waals surface area contributed by atoms with Crippen LogP contribution in [-0.4, -0.2) is 42.5 Å². The maximum absolute atomic E-state index is 12.6. The van der Waals surface area contributed by atoms with E-state index in [1.54, 1.807) is 0 Å². The molecule has 0 spiro atoms. The van der Waals surface area contributed by atoms with E-state index in [1.807, 2.05) is 18.2 Å². The molecule has 0 aromatic heterocycles. The maximum Gasteiger partial charge on any atom is 0.317 e. The van der Waals surface area contributed by atoms with Gasteiger partial charge in [0.1, 0.15) is 0 Å². The van der Waals surface area contributed by atoms with Gasteiger partial charge in [-0.25, -0.2) is 4.79 Å². The van der Waals surface area contributed by atoms with E-state index in [1.165, 1.54) is 31.2 Å². The molecule has 1 aliphatic heterocycles. The predicted octanol–water partition coefficient (Wildman–Crippen LogP) is 3.88. The first-order valence-corrected chi connectivity index (χ1v) is 11.1. The molecule has 1 aromatic carbocycles. The lowest BCUT2D eigenvalue weighted by molar-refractivity contribution is -0.121. The summed E-state index contributed by atoms with van der Waals surface area (Å²) in [5.41, 5.74) is 1.30. The molecule has 1 saturated heterocycles. The summed E-state index contributed by atoms with van der Waals surface area (Å²) in [5, 5.41) is 6.02. The Hall–Kier alpha value is -2.04. The quantitative estimate of drug-likeness (QED) is 0.667. The van der Waals surface area contributed by atoms with Crippen molar-refractivity contribution in [3.05, 3.63) is 35.9 Å². The average Bonchev–Trinajstić information content (AvgIpc) is 2.74. The second-order valence-electron chi connectivity index (χ2n) is 8.22. The van der Waals surface area contributed by atoms with Crippen molar-refractivity contribution in [2.75, 3.05) is 19.6 Å². The molecule has 5 nitrogen and oxygen atoms in total. The molecule has 154 valence electrons. The molecule has 0 bridgehead atoms. The van der Waals surface area contributed by atoms with E-state index in [4.69, 9.17) is 0 Å². The Balaban J connectivity index is 1.25. The third kappa shape index (κ3) is 6.25. The van der Waals surface area contributed by atoms with Crippen LogP contribution in [0.3, 0.4) is 0 Å². The van der Waals surface area contributed by atoms with Gasteiger partial charge in [0, 0.05) is 32.1 Å². The van der Waals surface area contributed by atoms with Crippen LogP contribution in [0.4, 0.5) is 4.79 Å². The molecular weight excluding hydrogens is 350 g/mol. The van der Waals surface area contributed by atoms with Crippen molar-refractivity contribution in [1.82, 2.24) is 15.5 Å². The number of likely N-dealkylation sites (tertiary alicyclic amines) is 1. The molecule has 3 rings (SSSR count). The van der Waals surface area contributed by atoms with Gasteiger partial charge in [-0.3, -0.25) is 4.79 Å². The minimum absolute atomic E-state index is 0.0693. The van der Waals surface area contributed by atoms with Gasteiger partial charge in [-0.05, 0) is 56.4 Å². The number of carbonyl (C=O) groups is 2. The molecule has 2 aliphatic rings. The SMILES string of the molecule is O=C(CCCNC(=O)N1CCCC2CCCCC21)NCCCc1ccccc1. The first kappa shape index (κ1) is 20.7. The van der Waals surface area contributed by atoms with Crippen LogP contribution in [0.2, 0.25) is 0 Å². The number of nitrogens with one attached hydrogen (secondary N) is 2. The summed E-state index contributed by atoms with van der Waals surface area (Å²) in [6.45, 7) is 2.16. The number of hydrogen-bond acceptors (Lipinski definition) is 2. The lowest BCUT2D eigenvalue weighted by Gasteiger charge is -2.44. The van der Waals surface area contributed by atoms with Crippen molar-refractivity contribution in [2.24, 2.45) is 5.92 Å². The molecule has 0 radical (unpaired) electrons. The first-order chi connectivity index (χ1) is 13.7. The van der Waals surface area contributed by atoms with Gasteiger partial charge in [-0.2, -0.15) is 0 Å². The summed E-state index contributed by atoms with van der Waals surface area (Å²) in [5.74, 6) is 0.780. The van der Waals surface area contributed by atoms with E-state index >= 15 is 0 Å². The third-order valence-electron chi connectivity index (χ3n) is 6.17. The van der Waals surface area contributed by atoms with Gasteiger partial charge in [0.25, 0.3) is 0 Å². The highest BCUT2D eigenvalue weighted by atomic mass is 16.2. The lowest BCUT2D eigenvalue weighted by Crippen LogP contribution is -2.53. The van der Waals surface area contributed by atoms with Crippen molar-refractivity contribution >= 4 is 11.9 Å². The van der Waals surface area contributed by atoms with Crippen LogP contribution >= 0.6 is 0 Å². The molecule has 2 atom stereocenters. The molecule has 1 aromatic rings. The Morgan fingerprint density at radius 1 is 0.929 bits per heavy atom. The summed E-state index contributed by atoms with van der Waals surface area (Å²) < 4.78 is 0. The van der Waals surface area contributed by atoms with Crippen molar-refractivity contribution in [1.29, 1.82) is 0 Å². The fraction of sp³-hybridized carbons (Fsp3) is 0.652. The van der Waals surface area contributed by atoms with E-state index in [0.717, 1.165) is 32.2 Å². The number of rotatable bonds is 8. The van der Waals surface area contributed by atoms with Crippen molar-refractivity contribution in [3.63, 3.8) is 0 Å². The Morgan fingerprint density at radius 2 is 1.68 bits per heavy atom. The first-order valence-electron chi connectivity index (χ1n) is 11.1. The Morgan fingerprint density at radius 3 is 2.54 bits per heavy atom. The van der Waals surface area contributed by atoms with Gasteiger partial charge >= 0.3 is 6.03 Å². The van der Waals surface area contributed by atoms with Gasteiger partial charge in [-0.1, -0.05) is 43.2 Å². The number of carbonyl (C=O) groups excluding carboxylic acids is 2. The molecule has 5 heteroatoms. The highest BCUT2D eigenvalue weighted by molar-refractivity contribution is 5.76. The van der Waals surface area contributed by atoms with Crippen molar-refractivity contribution in [3.8, 4) is 0 Å². The van der Waals surface area contributed by atoms with Crippen LogP contribution in [0.25, 0.3) is 0 Å². The number of urea groups is 1. The molecule has 2 fully saturated rings. The van der Waals surface area contributed by atoms with E-state index in [-0.39, 0.29) is 11.9 Å². The van der Waals surface area contributed by atoms with Crippen molar-refractivity contribution in [2.45, 2.75) is 70.3 Å². The smallest absolute Gasteiger partial charge is 0.317 e. The zero-order valence-corrected chi connectivity index (χ0v) is 17.0. The number of benzene rings is 1. The van der Waals surface area contributed by atoms with E-state index in [2.05, 4.69) is 27.7 Å². The van der Waals surface area contributed by atoms with Gasteiger partial charge in [-0.15, -0.1) is 0 Å². The number of amides is 3. The third-order valence-corrected chi connectivity index (χ3v) is 6.17. The normalized spacial score (nSPS) is 21.6. The summed E-state index contributed by atoms with van der Waals surface area (Å²) in [4.78, 5) is 26.6. The zero-order valence-electron chi connectivity index (χ0n) is 17.0. The molecule has 1 saturated carbocycles. The van der Waals surface area contributed by atoms with Crippen molar-refractivity contribution < 1.29 is 9.59 Å². The van der Waals surface area contributed by atoms with Crippen LogP contribution in [-0.2, 0) is 11.2 Å². The molecule has 2 N–H and O–H groups in total. The average molecular weight is 386 g/mol. The van der Waals surface area contributed by atoms with Gasteiger partial charge < -0.3 is 15.5 Å². The largest absolute Gasteiger partial charge is 0.356 e. The number of fused-ring (bicyclic) bond motifs is 1. The molecule has 2 unspecified atom stereocenters. The number of aryl methyl sites for hydroxylation is 1. The highest BCUT2D eigenvalue weighted by Crippen LogP contribution is 2.35. The monoisotopic (exact) mass is 385 g/mol. The summed E-state index contributed by atoms with van der Waals surface area (Å²) in [7, 11) is 0. The van der Waals surface area contributed by atoms with E-state index in [9.17, 15) is 9.59 Å². The zero-order chi connectivity index (χ0) is 19.6. The summed E-state index contributed by atoms with van der Waals surface area (Å²) in [6.07, 6.45) is 10.5. The Labute approximate surface area is 169 Å². The summed E-state index contributed by atoms with van der Waals surface area (Å²) in [6, 6.07) is 10.8. The number of hydrogen-bond donors (Lipinski definition) is 2. The maximum atomic E-state index is 12.6. The lowest BCUT2D eigenvalue weighted by atomic mass is 9.78. The standard InChI is InChI=1S/C23H35N3O2/c27-22(24-16-6-11-19-9-2-1-3-10-19)15-7-17-25-23(28)26-18-8-13-20-12-4-5-14-21(20)26/h1-3,9-10,20-21H,4-8,11-18H2,(H,24,27)(H,25,28). The predicted molar refractivity (Wildman–Crippen MR) is 112 cm³/mol. The molecule has 1 aliphatic carbocycles. The Kier molecular flexibility index (Phi) is 8.19. The topological polar surface area (TPSA) is 61.4 Å². The minimum atomic E-state index is 0.0693. The van der Waals surface area contributed by atoms with Crippen LogP contribution in [0.5, 0.6) is 0 Å². The van der Waals surface area contributed by atoms with E-state index in [0.29, 0.717) is 37.9 Å². The second kappa shape index (κ2) is 11.1. The van der Waals surface area contributed by atoms with Crippen LogP contribution in [0.1, 0.15) is 63.4 Å². The summed E-state index contributed by atoms with van der Waals surface area (Å²) >= 11 is 0. The molecular formula is C23H35N3O2. The Bertz CT molecular complexity index is 618. The highest BCUT2D eigenvalue weighted by Gasteiger charge is 2.35. The molecule has 28 heavy (non-hydrogen) atoms. The minimum Gasteiger partial charge on any atom is -0.356 e. The molecule has 1 heterocycles. The number of nitrogens with zero attached hydrogens (tertiary/aromatic N) is 1. The van der Waals surface area contributed by atoms with Crippen LogP contribution in [0, 0.1) is 5.92 Å². The fourth-order valence-corrected chi connectivity index (χ4v) is 4.68. The fourth-order valence-electron chi connectivity index (χ4n) is 4.68. The number of piperidine rings is 1. The van der Waals surface area contributed by atoms with Gasteiger partial charge in [0.2, 0.25) is 5.91 Å². The van der Waals surface area contributed by atoms with E-state index < -0.39 is 0 Å². The van der Waals surface area contributed by atoms with Crippen LogP contribution in [0.15, 0.2) is 30.3 Å². The second-order valence-corrected chi connectivity index (χ2v) is 8.22. The van der Waals surface area contributed by atoms with Crippen LogP contribution < -0.4 is 10.6 Å². The van der Waals surface area contributed by atoms with Gasteiger partial charge in [0.15, 0.2) is 0 Å². The molecule has 3 amide bonds. The van der Waals surface area contributed by atoms with Gasteiger partial charge in [0.05, 0.1) is 0 Å².